The van der Waals surface area contributed by atoms with E-state index < -0.39 is 0 Å². The summed E-state index contributed by atoms with van der Waals surface area (Å²) in [4.78, 5) is 20.4. The molecule has 2 aliphatic heterocycles. The predicted molar refractivity (Wildman–Crippen MR) is 162 cm³/mol. The third-order valence-corrected chi connectivity index (χ3v) is 8.51. The van der Waals surface area contributed by atoms with Crippen molar-refractivity contribution in [3.63, 3.8) is 0 Å². The average Bonchev–Trinajstić information content (AvgIpc) is 2.96. The Morgan fingerprint density at radius 2 is 1.62 bits per heavy atom. The Morgan fingerprint density at radius 1 is 0.925 bits per heavy atom. The normalized spacial score (nSPS) is 16.8. The van der Waals surface area contributed by atoms with Gasteiger partial charge < -0.3 is 24.7 Å². The lowest BCUT2D eigenvalue weighted by molar-refractivity contribution is 0.0342. The van der Waals surface area contributed by atoms with Gasteiger partial charge in [0.25, 0.3) is 5.56 Å². The Hall–Kier alpha value is -2.97. The maximum absolute atomic E-state index is 12.6. The summed E-state index contributed by atoms with van der Waals surface area (Å²) in [7, 11) is 2.22. The Kier molecular flexibility index (Phi) is 9.37. The van der Waals surface area contributed by atoms with Crippen molar-refractivity contribution in [2.75, 3.05) is 51.5 Å². The van der Waals surface area contributed by atoms with Crippen LogP contribution in [0.1, 0.15) is 46.4 Å². The van der Waals surface area contributed by atoms with Gasteiger partial charge in [-0.2, -0.15) is 0 Å². The molecule has 0 spiro atoms. The average molecular weight is 545 g/mol. The third kappa shape index (κ3) is 6.84. The van der Waals surface area contributed by atoms with Crippen LogP contribution in [0.4, 0.5) is 5.69 Å². The van der Waals surface area contributed by atoms with E-state index in [9.17, 15) is 4.79 Å². The summed E-state index contributed by atoms with van der Waals surface area (Å²) in [6.07, 6.45) is 2.08. The van der Waals surface area contributed by atoms with Gasteiger partial charge in [-0.05, 0) is 85.2 Å². The second-order valence-electron chi connectivity index (χ2n) is 11.4. The van der Waals surface area contributed by atoms with E-state index in [0.29, 0.717) is 19.1 Å². The van der Waals surface area contributed by atoms with Gasteiger partial charge >= 0.3 is 0 Å². The van der Waals surface area contributed by atoms with Crippen molar-refractivity contribution in [1.29, 1.82) is 0 Å². The summed E-state index contributed by atoms with van der Waals surface area (Å²) in [6, 6.07) is 16.2. The Morgan fingerprint density at radius 3 is 2.33 bits per heavy atom. The van der Waals surface area contributed by atoms with Crippen LogP contribution in [0, 0.1) is 20.8 Å². The second-order valence-corrected chi connectivity index (χ2v) is 11.4. The zero-order valence-electron chi connectivity index (χ0n) is 24.5. The molecule has 0 saturated carbocycles. The second kappa shape index (κ2) is 13.1. The van der Waals surface area contributed by atoms with Gasteiger partial charge in [0.05, 0.1) is 13.2 Å². The number of hydrogen-bond donors (Lipinski definition) is 2. The highest BCUT2D eigenvalue weighted by Gasteiger charge is 2.22. The molecule has 0 amide bonds. The van der Waals surface area contributed by atoms with E-state index in [1.54, 1.807) is 0 Å². The highest BCUT2D eigenvalue weighted by Crippen LogP contribution is 2.33. The van der Waals surface area contributed by atoms with Gasteiger partial charge in [0.2, 0.25) is 0 Å². The first-order chi connectivity index (χ1) is 19.4. The highest BCUT2D eigenvalue weighted by molar-refractivity contribution is 5.73. The predicted octanol–water partition coefficient (Wildman–Crippen LogP) is 4.70. The number of aromatic nitrogens is 1. The van der Waals surface area contributed by atoms with Gasteiger partial charge in [0.1, 0.15) is 0 Å². The fraction of sp³-hybridized carbons (Fsp3) is 0.485. The minimum atomic E-state index is -0.00687. The number of nitrogens with zero attached hydrogens (tertiary/aromatic N) is 2. The molecule has 0 radical (unpaired) electrons. The van der Waals surface area contributed by atoms with Crippen LogP contribution in [0.5, 0.6) is 0 Å². The van der Waals surface area contributed by atoms with Crippen LogP contribution in [-0.4, -0.2) is 62.5 Å². The molecule has 0 unspecified atom stereocenters. The lowest BCUT2D eigenvalue weighted by Gasteiger charge is -2.34. The number of pyridine rings is 1. The summed E-state index contributed by atoms with van der Waals surface area (Å²) in [5.41, 5.74) is 10.3. The van der Waals surface area contributed by atoms with E-state index in [1.165, 1.54) is 33.5 Å². The Bertz CT molecular complexity index is 1340. The van der Waals surface area contributed by atoms with Gasteiger partial charge in [-0.25, -0.2) is 0 Å². The number of hydrogen-bond acceptors (Lipinski definition) is 6. The summed E-state index contributed by atoms with van der Waals surface area (Å²) in [5, 5.41) is 3.56. The van der Waals surface area contributed by atoms with Crippen molar-refractivity contribution in [3.05, 3.63) is 86.3 Å². The molecule has 2 fully saturated rings. The van der Waals surface area contributed by atoms with Gasteiger partial charge in [0.15, 0.2) is 0 Å². The molecule has 2 N–H and O–H groups in total. The molecule has 2 aromatic carbocycles. The van der Waals surface area contributed by atoms with Crippen LogP contribution in [0.25, 0.3) is 11.1 Å². The SMILES string of the molecule is Cc1cc(C)c(CNCc2cc(-c3ccc(CN4CCOCC4)cc3)cc(N(C)C3CCOCC3)c2C)c(=O)[nH]1. The lowest BCUT2D eigenvalue weighted by atomic mass is 9.95. The molecule has 2 aliphatic rings. The van der Waals surface area contributed by atoms with E-state index in [2.05, 4.69) is 70.5 Å². The number of aromatic amines is 1. The van der Waals surface area contributed by atoms with E-state index in [1.807, 2.05) is 19.9 Å². The minimum absolute atomic E-state index is 0.00687. The van der Waals surface area contributed by atoms with Gasteiger partial charge in [-0.3, -0.25) is 9.69 Å². The maximum Gasteiger partial charge on any atom is 0.252 e. The number of nitrogens with one attached hydrogen (secondary N) is 2. The molecule has 3 aromatic rings. The number of ether oxygens (including phenoxy) is 2. The summed E-state index contributed by atoms with van der Waals surface area (Å²) in [6.45, 7) is 13.6. The van der Waals surface area contributed by atoms with Gasteiger partial charge in [0, 0.05) is 76.0 Å². The van der Waals surface area contributed by atoms with Crippen LogP contribution < -0.4 is 15.8 Å². The number of aryl methyl sites for hydroxylation is 2. The summed E-state index contributed by atoms with van der Waals surface area (Å²) < 4.78 is 11.1. The molecular weight excluding hydrogens is 500 g/mol. The fourth-order valence-electron chi connectivity index (χ4n) is 5.99. The zero-order valence-corrected chi connectivity index (χ0v) is 24.5. The smallest absolute Gasteiger partial charge is 0.252 e. The topological polar surface area (TPSA) is 69.8 Å². The molecule has 40 heavy (non-hydrogen) atoms. The molecule has 0 bridgehead atoms. The van der Waals surface area contributed by atoms with Crippen molar-refractivity contribution < 1.29 is 9.47 Å². The number of morpholine rings is 1. The molecule has 5 rings (SSSR count). The number of benzene rings is 2. The van der Waals surface area contributed by atoms with Crippen LogP contribution in [0.2, 0.25) is 0 Å². The van der Waals surface area contributed by atoms with Gasteiger partial charge in [-0.15, -0.1) is 0 Å². The molecule has 2 saturated heterocycles. The van der Waals surface area contributed by atoms with Crippen molar-refractivity contribution in [3.8, 4) is 11.1 Å². The number of anilines is 1. The molecule has 0 aliphatic carbocycles. The minimum Gasteiger partial charge on any atom is -0.381 e. The van der Waals surface area contributed by atoms with Crippen molar-refractivity contribution in [2.24, 2.45) is 0 Å². The van der Waals surface area contributed by atoms with Crippen molar-refractivity contribution in [1.82, 2.24) is 15.2 Å². The Balaban J connectivity index is 1.40. The molecule has 0 atom stereocenters. The van der Waals surface area contributed by atoms with Crippen molar-refractivity contribution >= 4 is 5.69 Å². The van der Waals surface area contributed by atoms with Gasteiger partial charge in [-0.1, -0.05) is 24.3 Å². The lowest BCUT2D eigenvalue weighted by Crippen LogP contribution is -2.37. The molecule has 214 valence electrons. The van der Waals surface area contributed by atoms with Crippen LogP contribution in [0.3, 0.4) is 0 Å². The summed E-state index contributed by atoms with van der Waals surface area (Å²) in [5.74, 6) is 0. The Labute approximate surface area is 238 Å². The first-order valence-corrected chi connectivity index (χ1v) is 14.6. The largest absolute Gasteiger partial charge is 0.381 e. The number of H-pyrrole nitrogens is 1. The molecular formula is C33H44N4O3. The maximum atomic E-state index is 12.6. The highest BCUT2D eigenvalue weighted by atomic mass is 16.5. The quantitative estimate of drug-likeness (QED) is 0.407. The van der Waals surface area contributed by atoms with Crippen LogP contribution in [0.15, 0.2) is 47.3 Å². The monoisotopic (exact) mass is 544 g/mol. The van der Waals surface area contributed by atoms with E-state index in [4.69, 9.17) is 9.47 Å². The summed E-state index contributed by atoms with van der Waals surface area (Å²) >= 11 is 0. The molecule has 7 nitrogen and oxygen atoms in total. The molecule has 3 heterocycles. The first kappa shape index (κ1) is 28.6. The fourth-order valence-corrected chi connectivity index (χ4v) is 5.99. The molecule has 7 heteroatoms. The van der Waals surface area contributed by atoms with E-state index >= 15 is 0 Å². The van der Waals surface area contributed by atoms with E-state index in [-0.39, 0.29) is 5.56 Å². The zero-order chi connectivity index (χ0) is 28.1. The number of rotatable bonds is 9. The van der Waals surface area contributed by atoms with E-state index in [0.717, 1.165) is 75.7 Å². The standard InChI is InChI=1S/C33H44N4O3/c1-23-17-24(2)35-33(38)31(23)21-34-20-29-18-28(19-32(25(29)3)36(4)30-9-13-39-14-10-30)27-7-5-26(6-8-27)22-37-11-15-40-16-12-37/h5-8,17-19,30,34H,9-16,20-22H2,1-4H3,(H,35,38). The van der Waals surface area contributed by atoms with Crippen molar-refractivity contribution in [2.45, 2.75) is 59.3 Å². The molecule has 1 aromatic heterocycles. The first-order valence-electron chi connectivity index (χ1n) is 14.6. The van der Waals surface area contributed by atoms with Crippen LogP contribution >= 0.6 is 0 Å². The third-order valence-electron chi connectivity index (χ3n) is 8.51. The van der Waals surface area contributed by atoms with Crippen LogP contribution in [-0.2, 0) is 29.1 Å².